The van der Waals surface area contributed by atoms with Crippen molar-refractivity contribution in [1.29, 1.82) is 0 Å². The van der Waals surface area contributed by atoms with Gasteiger partial charge in [0.25, 0.3) is 0 Å². The molecule has 166 valence electrons. The van der Waals surface area contributed by atoms with Gasteiger partial charge in [0.2, 0.25) is 0 Å². The molecule has 2 aromatic rings. The summed E-state index contributed by atoms with van der Waals surface area (Å²) >= 11 is 0. The van der Waals surface area contributed by atoms with Gasteiger partial charge in [-0.1, -0.05) is 88.5 Å². The highest BCUT2D eigenvalue weighted by atomic mass is 16.5. The van der Waals surface area contributed by atoms with E-state index in [1.165, 1.54) is 75.3 Å². The molecule has 0 N–H and O–H groups in total. The monoisotopic (exact) mass is 416 g/mol. The van der Waals surface area contributed by atoms with E-state index < -0.39 is 0 Å². The van der Waals surface area contributed by atoms with Crippen molar-refractivity contribution in [1.82, 2.24) is 0 Å². The normalized spacial score (nSPS) is 18.3. The largest absolute Gasteiger partial charge is 0.494 e. The van der Waals surface area contributed by atoms with Crippen LogP contribution >= 0.6 is 0 Å². The Kier molecular flexibility index (Phi) is 10.0. The smallest absolute Gasteiger partial charge is 0.119 e. The van der Waals surface area contributed by atoms with E-state index in [9.17, 15) is 0 Å². The number of benzene rings is 2. The number of unbranched alkanes of at least 4 members (excludes halogenated alkanes) is 4. The van der Waals surface area contributed by atoms with Crippen molar-refractivity contribution in [2.24, 2.45) is 11.8 Å². The van der Waals surface area contributed by atoms with Gasteiger partial charge in [-0.25, -0.2) is 0 Å². The maximum Gasteiger partial charge on any atom is 0.119 e. The molecule has 0 atom stereocenters. The second-order valence-electron chi connectivity index (χ2n) is 9.14. The van der Waals surface area contributed by atoms with Crippen molar-refractivity contribution in [2.45, 2.75) is 84.5 Å². The van der Waals surface area contributed by atoms with Crippen LogP contribution in [0.3, 0.4) is 0 Å². The summed E-state index contributed by atoms with van der Waals surface area (Å²) in [5.74, 6) is 9.48. The molecule has 1 heteroatoms. The lowest BCUT2D eigenvalue weighted by Gasteiger charge is -2.25. The zero-order valence-corrected chi connectivity index (χ0v) is 19.7. The van der Waals surface area contributed by atoms with E-state index >= 15 is 0 Å². The van der Waals surface area contributed by atoms with Gasteiger partial charge in [-0.15, -0.1) is 0 Å². The average Bonchev–Trinajstić information content (AvgIpc) is 2.83. The lowest BCUT2D eigenvalue weighted by molar-refractivity contribution is 0.296. The van der Waals surface area contributed by atoms with E-state index in [4.69, 9.17) is 4.74 Å². The topological polar surface area (TPSA) is 9.23 Å². The average molecular weight is 417 g/mol. The number of hydrogen-bond acceptors (Lipinski definition) is 1. The maximum absolute atomic E-state index is 5.86. The minimum Gasteiger partial charge on any atom is -0.494 e. The SMILES string of the molecule is CCCCCCOc1ccc(-c2ccc(C#C[C@H]3CC[C@H](CCCC)CC3)cc2)cc1. The van der Waals surface area contributed by atoms with Crippen molar-refractivity contribution < 1.29 is 4.74 Å². The molecular formula is C30H40O. The van der Waals surface area contributed by atoms with Gasteiger partial charge in [0.1, 0.15) is 5.75 Å². The highest BCUT2D eigenvalue weighted by Gasteiger charge is 2.19. The van der Waals surface area contributed by atoms with Gasteiger partial charge in [-0.05, 0) is 73.4 Å². The van der Waals surface area contributed by atoms with Gasteiger partial charge >= 0.3 is 0 Å². The first kappa shape index (κ1) is 23.5. The highest BCUT2D eigenvalue weighted by molar-refractivity contribution is 5.65. The van der Waals surface area contributed by atoms with Crippen LogP contribution in [0.2, 0.25) is 0 Å². The molecule has 1 aliphatic carbocycles. The van der Waals surface area contributed by atoms with Crippen LogP contribution < -0.4 is 4.74 Å². The molecule has 0 bridgehead atoms. The molecule has 31 heavy (non-hydrogen) atoms. The molecule has 0 heterocycles. The highest BCUT2D eigenvalue weighted by Crippen LogP contribution is 2.31. The lowest BCUT2D eigenvalue weighted by Crippen LogP contribution is -2.13. The van der Waals surface area contributed by atoms with Crippen molar-refractivity contribution in [3.63, 3.8) is 0 Å². The van der Waals surface area contributed by atoms with E-state index in [0.29, 0.717) is 5.92 Å². The van der Waals surface area contributed by atoms with Crippen LogP contribution in [0, 0.1) is 23.7 Å². The molecule has 0 spiro atoms. The summed E-state index contributed by atoms with van der Waals surface area (Å²) in [5.41, 5.74) is 3.59. The van der Waals surface area contributed by atoms with E-state index in [1.807, 2.05) is 0 Å². The third-order valence-electron chi connectivity index (χ3n) is 6.57. The van der Waals surface area contributed by atoms with E-state index in [-0.39, 0.29) is 0 Å². The van der Waals surface area contributed by atoms with Crippen molar-refractivity contribution >= 4 is 0 Å². The first-order valence-electron chi connectivity index (χ1n) is 12.6. The van der Waals surface area contributed by atoms with Gasteiger partial charge in [0.15, 0.2) is 0 Å². The third-order valence-corrected chi connectivity index (χ3v) is 6.57. The summed E-state index contributed by atoms with van der Waals surface area (Å²) in [6.07, 6.45) is 14.4. The Balaban J connectivity index is 1.47. The van der Waals surface area contributed by atoms with Gasteiger partial charge in [0, 0.05) is 11.5 Å². The van der Waals surface area contributed by atoms with E-state index in [2.05, 4.69) is 74.2 Å². The molecule has 1 nitrogen and oxygen atoms in total. The van der Waals surface area contributed by atoms with Crippen molar-refractivity contribution in [3.8, 4) is 28.7 Å². The second kappa shape index (κ2) is 13.3. The molecule has 0 aromatic heterocycles. The molecule has 1 fully saturated rings. The predicted octanol–water partition coefficient (Wildman–Crippen LogP) is 8.66. The Hall–Kier alpha value is -2.20. The molecule has 0 radical (unpaired) electrons. The fraction of sp³-hybridized carbons (Fsp3) is 0.533. The minimum absolute atomic E-state index is 0.590. The number of ether oxygens (including phenoxy) is 1. The summed E-state index contributed by atoms with van der Waals surface area (Å²) in [7, 11) is 0. The molecule has 0 aliphatic heterocycles. The summed E-state index contributed by atoms with van der Waals surface area (Å²) in [6, 6.07) is 17.2. The molecule has 1 aliphatic rings. The zero-order valence-electron chi connectivity index (χ0n) is 19.7. The maximum atomic E-state index is 5.86. The molecule has 0 amide bonds. The summed E-state index contributed by atoms with van der Waals surface area (Å²) in [6.45, 7) is 5.34. The molecule has 2 aromatic carbocycles. The zero-order chi connectivity index (χ0) is 21.7. The first-order valence-corrected chi connectivity index (χ1v) is 12.6. The van der Waals surface area contributed by atoms with Gasteiger partial charge in [-0.2, -0.15) is 0 Å². The molecular weight excluding hydrogens is 376 g/mol. The van der Waals surface area contributed by atoms with Gasteiger partial charge in [0.05, 0.1) is 6.61 Å². The third kappa shape index (κ3) is 8.10. The second-order valence-corrected chi connectivity index (χ2v) is 9.14. The Morgan fingerprint density at radius 2 is 1.39 bits per heavy atom. The molecule has 0 unspecified atom stereocenters. The Morgan fingerprint density at radius 1 is 0.742 bits per heavy atom. The van der Waals surface area contributed by atoms with E-state index in [1.54, 1.807) is 0 Å². The van der Waals surface area contributed by atoms with Crippen LogP contribution in [0.1, 0.15) is 90.0 Å². The fourth-order valence-corrected chi connectivity index (χ4v) is 4.48. The molecule has 1 saturated carbocycles. The van der Waals surface area contributed by atoms with Crippen LogP contribution in [0.25, 0.3) is 11.1 Å². The Labute approximate surface area is 190 Å². The van der Waals surface area contributed by atoms with Crippen LogP contribution in [0.4, 0.5) is 0 Å². The first-order chi connectivity index (χ1) is 15.3. The summed E-state index contributed by atoms with van der Waals surface area (Å²) in [5, 5.41) is 0. The van der Waals surface area contributed by atoms with Gasteiger partial charge < -0.3 is 4.74 Å². The quantitative estimate of drug-likeness (QED) is 0.278. The van der Waals surface area contributed by atoms with Crippen LogP contribution in [-0.4, -0.2) is 6.61 Å². The Morgan fingerprint density at radius 3 is 2.03 bits per heavy atom. The van der Waals surface area contributed by atoms with E-state index in [0.717, 1.165) is 30.3 Å². The number of rotatable bonds is 10. The number of hydrogen-bond donors (Lipinski definition) is 0. The molecule has 0 saturated heterocycles. The standard InChI is InChI=1S/C30H40O/c1-3-5-7-8-24-31-30-22-20-29(21-23-30)28-18-16-27(17-19-28)15-14-26-12-10-25(11-13-26)9-6-4-2/h16-23,25-26H,3-13,24H2,1-2H3/t25-,26-. The van der Waals surface area contributed by atoms with Gasteiger partial charge in [-0.3, -0.25) is 0 Å². The Bertz CT molecular complexity index is 798. The van der Waals surface area contributed by atoms with Crippen molar-refractivity contribution in [3.05, 3.63) is 54.1 Å². The minimum atomic E-state index is 0.590. The van der Waals surface area contributed by atoms with Crippen LogP contribution in [-0.2, 0) is 0 Å². The summed E-state index contributed by atoms with van der Waals surface area (Å²) < 4.78 is 5.86. The van der Waals surface area contributed by atoms with Crippen molar-refractivity contribution in [2.75, 3.05) is 6.61 Å². The summed E-state index contributed by atoms with van der Waals surface area (Å²) in [4.78, 5) is 0. The van der Waals surface area contributed by atoms with Crippen LogP contribution in [0.15, 0.2) is 48.5 Å². The predicted molar refractivity (Wildman–Crippen MR) is 133 cm³/mol. The lowest BCUT2D eigenvalue weighted by atomic mass is 9.80. The fourth-order valence-electron chi connectivity index (χ4n) is 4.48. The van der Waals surface area contributed by atoms with Crippen LogP contribution in [0.5, 0.6) is 5.75 Å². The molecule has 3 rings (SSSR count).